The molecule has 0 saturated heterocycles. The number of alkyl halides is 4. The summed E-state index contributed by atoms with van der Waals surface area (Å²) in [6.07, 6.45) is -4.48. The normalized spacial score (nSPS) is 13.0. The molecule has 7 nitrogen and oxygen atoms in total. The van der Waals surface area contributed by atoms with Crippen LogP contribution in [0.5, 0.6) is 0 Å². The molecular weight excluding hydrogens is 454 g/mol. The Kier molecular flexibility index (Phi) is 7.02. The third-order valence-corrected chi connectivity index (χ3v) is 5.51. The topological polar surface area (TPSA) is 104 Å². The number of sulfonamides is 1. The lowest BCUT2D eigenvalue weighted by molar-refractivity contribution is -0.147. The lowest BCUT2D eigenvalue weighted by Crippen LogP contribution is -2.43. The molecule has 0 spiro atoms. The summed E-state index contributed by atoms with van der Waals surface area (Å²) in [5.41, 5.74) is -1.60. The van der Waals surface area contributed by atoms with Crippen LogP contribution in [0, 0.1) is 23.0 Å². The van der Waals surface area contributed by atoms with Gasteiger partial charge in [-0.1, -0.05) is 0 Å². The van der Waals surface area contributed by atoms with Crippen LogP contribution in [0.15, 0.2) is 29.3 Å². The molecule has 14 heteroatoms. The number of carbonyl (C=O) groups excluding carboxylic acids is 1. The van der Waals surface area contributed by atoms with E-state index in [1.165, 1.54) is 10.8 Å². The maximum Gasteiger partial charge on any atom is 0.404 e. The molecule has 2 aromatic rings. The van der Waals surface area contributed by atoms with E-state index < -0.39 is 69.2 Å². The Morgan fingerprint density at radius 2 is 1.94 bits per heavy atom. The zero-order valence-electron chi connectivity index (χ0n) is 15.6. The molecule has 0 saturated carbocycles. The third-order valence-electron chi connectivity index (χ3n) is 3.98. The molecule has 1 aromatic heterocycles. The van der Waals surface area contributed by atoms with E-state index in [2.05, 4.69) is 5.32 Å². The number of amides is 1. The quantitative estimate of drug-likeness (QED) is 0.610. The predicted octanol–water partition coefficient (Wildman–Crippen LogP) is 3.09. The summed E-state index contributed by atoms with van der Waals surface area (Å²) in [5.74, 6) is -3.91. The van der Waals surface area contributed by atoms with Gasteiger partial charge in [-0.3, -0.25) is 4.79 Å². The number of anilines is 1. The smallest absolute Gasteiger partial charge is 0.337 e. The van der Waals surface area contributed by atoms with Gasteiger partial charge < -0.3 is 9.88 Å². The molecule has 31 heavy (non-hydrogen) atoms. The van der Waals surface area contributed by atoms with E-state index in [9.17, 15) is 39.6 Å². The van der Waals surface area contributed by atoms with Crippen LogP contribution >= 0.6 is 0 Å². The van der Waals surface area contributed by atoms with Crippen molar-refractivity contribution in [1.82, 2.24) is 9.29 Å². The van der Waals surface area contributed by atoms with Gasteiger partial charge in [0.15, 0.2) is 5.82 Å². The first-order chi connectivity index (χ1) is 14.3. The van der Waals surface area contributed by atoms with Gasteiger partial charge in [0, 0.05) is 11.9 Å². The van der Waals surface area contributed by atoms with Crippen molar-refractivity contribution < 1.29 is 39.6 Å². The molecule has 0 radical (unpaired) electrons. The molecular formula is C17H14F6N4O3S. The van der Waals surface area contributed by atoms with Crippen molar-refractivity contribution >= 4 is 21.6 Å². The number of benzene rings is 1. The minimum Gasteiger partial charge on any atom is -0.337 e. The number of hydrogen-bond acceptors (Lipinski definition) is 4. The van der Waals surface area contributed by atoms with E-state index in [1.807, 2.05) is 0 Å². The van der Waals surface area contributed by atoms with E-state index in [0.29, 0.717) is 17.7 Å². The van der Waals surface area contributed by atoms with Gasteiger partial charge >= 0.3 is 6.18 Å². The summed E-state index contributed by atoms with van der Waals surface area (Å²) in [7, 11) is -5.08. The van der Waals surface area contributed by atoms with Crippen LogP contribution < -0.4 is 10.0 Å². The molecule has 1 aromatic carbocycles. The van der Waals surface area contributed by atoms with Gasteiger partial charge in [-0.2, -0.15) is 23.2 Å². The average Bonchev–Trinajstić information content (AvgIpc) is 2.99. The first kappa shape index (κ1) is 24.2. The molecule has 168 valence electrons. The number of nitrogens with zero attached hydrogens (tertiary/aromatic N) is 2. The Bertz CT molecular complexity index is 1140. The Balaban J connectivity index is 2.45. The van der Waals surface area contributed by atoms with Gasteiger partial charge in [-0.15, -0.1) is 0 Å². The Morgan fingerprint density at radius 3 is 2.48 bits per heavy atom. The fourth-order valence-corrected chi connectivity index (χ4v) is 3.76. The fourth-order valence-electron chi connectivity index (χ4n) is 2.43. The van der Waals surface area contributed by atoms with Gasteiger partial charge in [-0.05, 0) is 25.1 Å². The van der Waals surface area contributed by atoms with Crippen molar-refractivity contribution in [3.8, 4) is 6.07 Å². The second-order valence-electron chi connectivity index (χ2n) is 6.18. The van der Waals surface area contributed by atoms with Crippen LogP contribution in [0.4, 0.5) is 32.0 Å². The molecule has 1 amide bonds. The minimum absolute atomic E-state index is 0.163. The molecule has 0 aliphatic heterocycles. The van der Waals surface area contributed by atoms with Crippen molar-refractivity contribution in [3.05, 3.63) is 47.3 Å². The van der Waals surface area contributed by atoms with Crippen LogP contribution in [0.25, 0.3) is 0 Å². The maximum absolute atomic E-state index is 14.8. The summed E-state index contributed by atoms with van der Waals surface area (Å²) in [5, 5.41) is 10.9. The first-order valence-electron chi connectivity index (χ1n) is 8.36. The van der Waals surface area contributed by atoms with E-state index in [0.717, 1.165) is 18.2 Å². The Morgan fingerprint density at radius 1 is 1.29 bits per heavy atom. The number of nitrogens with one attached hydrogen (secondary N) is 2. The molecule has 0 unspecified atom stereocenters. The molecule has 0 aliphatic carbocycles. The van der Waals surface area contributed by atoms with Crippen molar-refractivity contribution in [2.45, 2.75) is 30.6 Å². The van der Waals surface area contributed by atoms with Crippen molar-refractivity contribution in [2.24, 2.45) is 0 Å². The summed E-state index contributed by atoms with van der Waals surface area (Å²) in [6.45, 7) is -1.35. The second-order valence-corrected chi connectivity index (χ2v) is 7.87. The zero-order chi connectivity index (χ0) is 23.6. The molecule has 1 atom stereocenters. The highest BCUT2D eigenvalue weighted by molar-refractivity contribution is 7.89. The highest BCUT2D eigenvalue weighted by atomic mass is 32.2. The van der Waals surface area contributed by atoms with Crippen LogP contribution in [-0.4, -0.2) is 37.8 Å². The minimum atomic E-state index is -5.08. The summed E-state index contributed by atoms with van der Waals surface area (Å²) in [4.78, 5) is 11.2. The number of rotatable bonds is 7. The van der Waals surface area contributed by atoms with E-state index >= 15 is 0 Å². The van der Waals surface area contributed by atoms with Crippen molar-refractivity contribution in [1.29, 1.82) is 5.26 Å². The number of hydrogen-bond donors (Lipinski definition) is 2. The number of carbonyl (C=O) groups is 1. The summed E-state index contributed by atoms with van der Waals surface area (Å²) >= 11 is 0. The van der Waals surface area contributed by atoms with E-state index in [4.69, 9.17) is 5.26 Å². The average molecular weight is 468 g/mol. The van der Waals surface area contributed by atoms with Gasteiger partial charge in [0.25, 0.3) is 5.91 Å². The summed E-state index contributed by atoms with van der Waals surface area (Å²) < 4.78 is 105. The van der Waals surface area contributed by atoms with Crippen LogP contribution in [0.2, 0.25) is 0 Å². The van der Waals surface area contributed by atoms with Crippen LogP contribution in [0.1, 0.15) is 23.0 Å². The van der Waals surface area contributed by atoms with E-state index in [-0.39, 0.29) is 5.69 Å². The van der Waals surface area contributed by atoms with Gasteiger partial charge in [0.1, 0.15) is 35.2 Å². The number of aryl methyl sites for hydroxylation is 1. The van der Waals surface area contributed by atoms with Crippen molar-refractivity contribution in [2.75, 3.05) is 12.0 Å². The molecule has 1 heterocycles. The molecule has 0 bridgehead atoms. The molecule has 2 rings (SSSR count). The SMILES string of the molecule is C[C@@H](NS(=O)(=O)c1cn(CCF)c(C(=O)Nc2ccc(F)c(C#N)c2)c1F)C(F)(F)F. The standard InChI is InChI=1S/C17H14F6N4O3S/c1-9(17(21,22)23)26-31(29,30)13-8-27(5-4-18)15(14(13)20)16(28)25-11-2-3-12(19)10(6-11)7-24/h2-3,6,8-9,26H,4-5H2,1H3,(H,25,28)/t9-/m1/s1. The lowest BCUT2D eigenvalue weighted by atomic mass is 10.2. The van der Waals surface area contributed by atoms with Gasteiger partial charge in [0.2, 0.25) is 10.0 Å². The lowest BCUT2D eigenvalue weighted by Gasteiger charge is -2.16. The van der Waals surface area contributed by atoms with Gasteiger partial charge in [-0.25, -0.2) is 21.6 Å². The Hall–Kier alpha value is -3.05. The summed E-state index contributed by atoms with van der Waals surface area (Å²) in [6, 6.07) is 1.72. The van der Waals surface area contributed by atoms with Crippen LogP contribution in [0.3, 0.4) is 0 Å². The zero-order valence-corrected chi connectivity index (χ0v) is 16.4. The second kappa shape index (κ2) is 8.98. The van der Waals surface area contributed by atoms with Gasteiger partial charge in [0.05, 0.1) is 12.1 Å². The van der Waals surface area contributed by atoms with Crippen LogP contribution in [-0.2, 0) is 16.6 Å². The maximum atomic E-state index is 14.8. The number of halogens is 6. The third kappa shape index (κ3) is 5.36. The highest BCUT2D eigenvalue weighted by Gasteiger charge is 2.40. The first-order valence-corrected chi connectivity index (χ1v) is 9.84. The molecule has 0 fully saturated rings. The Labute approximate surface area is 172 Å². The monoisotopic (exact) mass is 468 g/mol. The van der Waals surface area contributed by atoms with Crippen molar-refractivity contribution in [3.63, 3.8) is 0 Å². The number of nitriles is 1. The van der Waals surface area contributed by atoms with E-state index in [1.54, 1.807) is 0 Å². The largest absolute Gasteiger partial charge is 0.404 e. The highest BCUT2D eigenvalue weighted by Crippen LogP contribution is 2.26. The fraction of sp³-hybridized carbons (Fsp3) is 0.294. The molecule has 0 aliphatic rings. The number of aromatic nitrogens is 1. The molecule has 2 N–H and O–H groups in total. The predicted molar refractivity (Wildman–Crippen MR) is 95.3 cm³/mol.